The molecule has 0 aromatic heterocycles. The Kier molecular flexibility index (Phi) is 11.2. The molecule has 0 bridgehead atoms. The summed E-state index contributed by atoms with van der Waals surface area (Å²) < 4.78 is 5.38. The van der Waals surface area contributed by atoms with Gasteiger partial charge in [-0.05, 0) is 32.8 Å². The van der Waals surface area contributed by atoms with Crippen molar-refractivity contribution in [2.24, 2.45) is 0 Å². The first-order chi connectivity index (χ1) is 12.4. The third-order valence-electron chi connectivity index (χ3n) is 3.96. The maximum Gasteiger partial charge on any atom is 0.322 e. The van der Waals surface area contributed by atoms with Crippen molar-refractivity contribution in [3.63, 3.8) is 0 Å². The minimum atomic E-state index is -0.319. The molecule has 1 aromatic carbocycles. The van der Waals surface area contributed by atoms with Crippen LogP contribution in [0.25, 0.3) is 0 Å². The molecule has 0 saturated carbocycles. The van der Waals surface area contributed by atoms with Crippen LogP contribution in [0.1, 0.15) is 78.2 Å². The molecule has 0 saturated heterocycles. The Labute approximate surface area is 159 Å². The zero-order valence-electron chi connectivity index (χ0n) is 17.1. The van der Waals surface area contributed by atoms with Gasteiger partial charge in [0.25, 0.3) is 0 Å². The van der Waals surface area contributed by atoms with Gasteiger partial charge in [-0.3, -0.25) is 9.63 Å². The first-order valence-electron chi connectivity index (χ1n) is 10.0. The van der Waals surface area contributed by atoms with Crippen LogP contribution < -0.4 is 0 Å². The van der Waals surface area contributed by atoms with E-state index < -0.39 is 0 Å². The predicted molar refractivity (Wildman–Crippen MR) is 107 cm³/mol. The van der Waals surface area contributed by atoms with Crippen LogP contribution >= 0.6 is 0 Å². The van der Waals surface area contributed by atoms with Gasteiger partial charge in [-0.1, -0.05) is 75.8 Å². The van der Waals surface area contributed by atoms with Crippen molar-refractivity contribution >= 4 is 5.97 Å². The van der Waals surface area contributed by atoms with Crippen LogP contribution in [0.2, 0.25) is 0 Å². The lowest BCUT2D eigenvalue weighted by atomic mass is 10.1. The molecule has 4 nitrogen and oxygen atoms in total. The predicted octanol–water partition coefficient (Wildman–Crippen LogP) is 5.51. The summed E-state index contributed by atoms with van der Waals surface area (Å²) in [6.45, 7) is 9.46. The number of hydroxylamine groups is 2. The molecule has 0 N–H and O–H groups in total. The van der Waals surface area contributed by atoms with E-state index in [9.17, 15) is 4.79 Å². The Morgan fingerprint density at radius 2 is 1.58 bits per heavy atom. The number of nitrogens with zero attached hydrogens (tertiary/aromatic N) is 1. The lowest BCUT2D eigenvalue weighted by molar-refractivity contribution is -0.232. The third-order valence-corrected chi connectivity index (χ3v) is 3.96. The molecule has 0 aliphatic rings. The van der Waals surface area contributed by atoms with Crippen molar-refractivity contribution < 1.29 is 14.4 Å². The number of unbranched alkanes of at least 4 members (excludes halogenated alkanes) is 6. The minimum absolute atomic E-state index is 0.167. The maximum absolute atomic E-state index is 12.2. The molecule has 0 amide bonds. The third kappa shape index (κ3) is 12.0. The molecule has 0 spiro atoms. The van der Waals surface area contributed by atoms with E-state index in [1.807, 2.05) is 51.1 Å². The van der Waals surface area contributed by atoms with E-state index in [-0.39, 0.29) is 18.1 Å². The quantitative estimate of drug-likeness (QED) is 0.263. The summed E-state index contributed by atoms with van der Waals surface area (Å²) in [6, 6.07) is 9.74. The van der Waals surface area contributed by atoms with Gasteiger partial charge in [0.15, 0.2) is 0 Å². The highest BCUT2D eigenvalue weighted by atomic mass is 16.7. The van der Waals surface area contributed by atoms with Gasteiger partial charge < -0.3 is 4.74 Å². The van der Waals surface area contributed by atoms with E-state index in [2.05, 4.69) is 6.92 Å². The molecule has 4 heteroatoms. The van der Waals surface area contributed by atoms with Crippen molar-refractivity contribution in [2.45, 2.75) is 84.8 Å². The topological polar surface area (TPSA) is 38.8 Å². The summed E-state index contributed by atoms with van der Waals surface area (Å²) in [4.78, 5) is 18.1. The number of ether oxygens (including phenoxy) is 1. The smallest absolute Gasteiger partial charge is 0.322 e. The summed E-state index contributed by atoms with van der Waals surface area (Å²) in [5.41, 5.74) is 0.678. The van der Waals surface area contributed by atoms with Gasteiger partial charge in [0.1, 0.15) is 13.2 Å². The molecule has 0 unspecified atom stereocenters. The molecular weight excluding hydrogens is 326 g/mol. The van der Waals surface area contributed by atoms with Crippen molar-refractivity contribution in [3.8, 4) is 0 Å². The molecule has 148 valence electrons. The second kappa shape index (κ2) is 12.9. The number of esters is 1. The highest BCUT2D eigenvalue weighted by Gasteiger charge is 2.20. The van der Waals surface area contributed by atoms with Crippen LogP contribution in [0, 0.1) is 0 Å². The van der Waals surface area contributed by atoms with Gasteiger partial charge in [0.05, 0.1) is 5.60 Å². The summed E-state index contributed by atoms with van der Waals surface area (Å²) >= 11 is 0. The number of hydrogen-bond acceptors (Lipinski definition) is 4. The molecule has 0 radical (unpaired) electrons. The first-order valence-corrected chi connectivity index (χ1v) is 10.0. The van der Waals surface area contributed by atoms with Crippen LogP contribution in [0.15, 0.2) is 30.3 Å². The number of hydrogen-bond donors (Lipinski definition) is 0. The van der Waals surface area contributed by atoms with Crippen LogP contribution in [0.3, 0.4) is 0 Å². The highest BCUT2D eigenvalue weighted by molar-refractivity contribution is 5.71. The standard InChI is InChI=1S/C22H37NO3/c1-5-6-7-8-9-10-14-17-23(26-22(2,3)4)18-21(24)25-19-20-15-12-11-13-16-20/h11-13,15-16H,5-10,14,17-19H2,1-4H3. The summed E-state index contributed by atoms with van der Waals surface area (Å²) in [6.07, 6.45) is 8.69. The molecule has 1 aromatic rings. The molecule has 0 heterocycles. The molecule has 0 aliphatic heterocycles. The molecule has 0 atom stereocenters. The lowest BCUT2D eigenvalue weighted by Gasteiger charge is -2.29. The summed E-state index contributed by atoms with van der Waals surface area (Å²) in [7, 11) is 0. The average molecular weight is 364 g/mol. The van der Waals surface area contributed by atoms with Crippen molar-refractivity contribution in [1.82, 2.24) is 5.06 Å². The Bertz CT molecular complexity index is 482. The largest absolute Gasteiger partial charge is 0.460 e. The second-order valence-corrected chi connectivity index (χ2v) is 7.83. The SMILES string of the molecule is CCCCCCCCCN(CC(=O)OCc1ccccc1)OC(C)(C)C. The monoisotopic (exact) mass is 363 g/mol. The Hall–Kier alpha value is -1.39. The van der Waals surface area contributed by atoms with E-state index in [0.29, 0.717) is 6.61 Å². The Morgan fingerprint density at radius 3 is 2.19 bits per heavy atom. The second-order valence-electron chi connectivity index (χ2n) is 7.83. The minimum Gasteiger partial charge on any atom is -0.460 e. The molecule has 0 aliphatic carbocycles. The van der Waals surface area contributed by atoms with Gasteiger partial charge in [-0.15, -0.1) is 0 Å². The normalized spacial score (nSPS) is 11.7. The first kappa shape index (κ1) is 22.7. The van der Waals surface area contributed by atoms with E-state index in [1.165, 1.54) is 38.5 Å². The van der Waals surface area contributed by atoms with Crippen molar-refractivity contribution in [1.29, 1.82) is 0 Å². The maximum atomic E-state index is 12.2. The fourth-order valence-electron chi connectivity index (χ4n) is 2.72. The van der Waals surface area contributed by atoms with E-state index >= 15 is 0 Å². The van der Waals surface area contributed by atoms with Gasteiger partial charge in [0, 0.05) is 6.54 Å². The van der Waals surface area contributed by atoms with Crippen LogP contribution in [-0.2, 0) is 21.0 Å². The van der Waals surface area contributed by atoms with E-state index in [4.69, 9.17) is 9.57 Å². The van der Waals surface area contributed by atoms with Gasteiger partial charge in [-0.2, -0.15) is 5.06 Å². The average Bonchev–Trinajstić information content (AvgIpc) is 2.58. The van der Waals surface area contributed by atoms with E-state index in [1.54, 1.807) is 5.06 Å². The van der Waals surface area contributed by atoms with Gasteiger partial charge in [0.2, 0.25) is 0 Å². The van der Waals surface area contributed by atoms with E-state index in [0.717, 1.165) is 18.5 Å². The number of carbonyl (C=O) groups excluding carboxylic acids is 1. The fourth-order valence-corrected chi connectivity index (χ4v) is 2.72. The summed E-state index contributed by atoms with van der Waals surface area (Å²) in [5, 5.41) is 1.76. The Balaban J connectivity index is 2.33. The number of benzene rings is 1. The van der Waals surface area contributed by atoms with Crippen molar-refractivity contribution in [3.05, 3.63) is 35.9 Å². The van der Waals surface area contributed by atoms with Crippen LogP contribution in [0.5, 0.6) is 0 Å². The lowest BCUT2D eigenvalue weighted by Crippen LogP contribution is -2.38. The molecule has 1 rings (SSSR count). The zero-order valence-corrected chi connectivity index (χ0v) is 17.1. The van der Waals surface area contributed by atoms with Gasteiger partial charge in [-0.25, -0.2) is 0 Å². The number of rotatable bonds is 13. The van der Waals surface area contributed by atoms with Crippen LogP contribution in [-0.4, -0.2) is 29.7 Å². The molecule has 26 heavy (non-hydrogen) atoms. The summed E-state index contributed by atoms with van der Waals surface area (Å²) in [5.74, 6) is -0.249. The van der Waals surface area contributed by atoms with Gasteiger partial charge >= 0.3 is 5.97 Å². The molecular formula is C22H37NO3. The van der Waals surface area contributed by atoms with Crippen LogP contribution in [0.4, 0.5) is 0 Å². The van der Waals surface area contributed by atoms with Crippen molar-refractivity contribution in [2.75, 3.05) is 13.1 Å². The fraction of sp³-hybridized carbons (Fsp3) is 0.682. The zero-order chi connectivity index (χ0) is 19.3. The molecule has 0 fully saturated rings. The Morgan fingerprint density at radius 1 is 0.962 bits per heavy atom. The highest BCUT2D eigenvalue weighted by Crippen LogP contribution is 2.13. The number of carbonyl (C=O) groups is 1.